The maximum absolute atomic E-state index is 11.9. The molecule has 20 heavy (non-hydrogen) atoms. The first-order valence-electron chi connectivity index (χ1n) is 7.64. The van der Waals surface area contributed by atoms with Gasteiger partial charge in [-0.05, 0) is 51.4 Å². The number of aliphatic hydroxyl groups excluding tert-OH is 1. The molecule has 1 aliphatic carbocycles. The molecule has 1 amide bonds. The quantitative estimate of drug-likeness (QED) is 0.740. The third-order valence-corrected chi connectivity index (χ3v) is 3.90. The van der Waals surface area contributed by atoms with E-state index in [0.717, 1.165) is 12.8 Å². The molecule has 1 aliphatic rings. The Labute approximate surface area is 123 Å². The maximum atomic E-state index is 11.9. The average Bonchev–Trinajstić information content (AvgIpc) is 2.21. The third-order valence-electron chi connectivity index (χ3n) is 3.90. The molecule has 0 aromatic rings. The number of hydrogen-bond donors (Lipinski definition) is 3. The highest BCUT2D eigenvalue weighted by Crippen LogP contribution is 2.43. The predicted octanol–water partition coefficient (Wildman–Crippen LogP) is 2.07. The van der Waals surface area contributed by atoms with Crippen molar-refractivity contribution < 1.29 is 9.90 Å². The van der Waals surface area contributed by atoms with E-state index in [4.69, 9.17) is 0 Å². The van der Waals surface area contributed by atoms with Crippen LogP contribution in [0.5, 0.6) is 0 Å². The Hall–Kier alpha value is -0.610. The lowest BCUT2D eigenvalue weighted by atomic mass is 9.64. The molecule has 118 valence electrons. The molecule has 0 bridgehead atoms. The zero-order valence-corrected chi connectivity index (χ0v) is 14.0. The van der Waals surface area contributed by atoms with E-state index in [2.05, 4.69) is 31.4 Å². The predicted molar refractivity (Wildman–Crippen MR) is 82.5 cm³/mol. The zero-order chi connectivity index (χ0) is 15.6. The SMILES string of the molecule is CC1CC(C)(C)CC(CO)(NCC(=O)NC(C)(C)C)C1. The lowest BCUT2D eigenvalue weighted by Gasteiger charge is -2.47. The van der Waals surface area contributed by atoms with Crippen LogP contribution in [0.3, 0.4) is 0 Å². The Morgan fingerprint density at radius 1 is 1.30 bits per heavy atom. The van der Waals surface area contributed by atoms with E-state index in [9.17, 15) is 9.90 Å². The minimum Gasteiger partial charge on any atom is -0.394 e. The van der Waals surface area contributed by atoms with E-state index in [1.165, 1.54) is 6.42 Å². The molecular weight excluding hydrogens is 252 g/mol. The van der Waals surface area contributed by atoms with Crippen molar-refractivity contribution in [3.8, 4) is 0 Å². The van der Waals surface area contributed by atoms with Crippen LogP contribution in [-0.4, -0.2) is 35.2 Å². The van der Waals surface area contributed by atoms with Gasteiger partial charge in [-0.1, -0.05) is 20.8 Å². The summed E-state index contributed by atoms with van der Waals surface area (Å²) in [5, 5.41) is 16.1. The lowest BCUT2D eigenvalue weighted by Crippen LogP contribution is -2.58. The highest BCUT2D eigenvalue weighted by molar-refractivity contribution is 5.78. The van der Waals surface area contributed by atoms with Crippen molar-refractivity contribution in [2.45, 2.75) is 71.9 Å². The van der Waals surface area contributed by atoms with Crippen molar-refractivity contribution >= 4 is 5.91 Å². The van der Waals surface area contributed by atoms with Crippen molar-refractivity contribution in [1.82, 2.24) is 10.6 Å². The van der Waals surface area contributed by atoms with E-state index < -0.39 is 0 Å². The van der Waals surface area contributed by atoms with E-state index in [1.807, 2.05) is 20.8 Å². The summed E-state index contributed by atoms with van der Waals surface area (Å²) < 4.78 is 0. The van der Waals surface area contributed by atoms with Crippen molar-refractivity contribution in [3.63, 3.8) is 0 Å². The molecule has 0 heterocycles. The topological polar surface area (TPSA) is 61.4 Å². The highest BCUT2D eigenvalue weighted by atomic mass is 16.3. The minimum atomic E-state index is -0.323. The number of carbonyl (C=O) groups excluding carboxylic acids is 1. The van der Waals surface area contributed by atoms with Crippen LogP contribution in [0.2, 0.25) is 0 Å². The second-order valence-electron chi connectivity index (χ2n) is 8.44. The molecule has 0 aromatic carbocycles. The van der Waals surface area contributed by atoms with Crippen LogP contribution in [0.25, 0.3) is 0 Å². The van der Waals surface area contributed by atoms with Crippen LogP contribution in [0, 0.1) is 11.3 Å². The molecule has 0 aromatic heterocycles. The molecule has 0 aliphatic heterocycles. The number of hydrogen-bond acceptors (Lipinski definition) is 3. The largest absolute Gasteiger partial charge is 0.394 e. The van der Waals surface area contributed by atoms with Crippen molar-refractivity contribution in [3.05, 3.63) is 0 Å². The smallest absolute Gasteiger partial charge is 0.234 e. The molecule has 3 N–H and O–H groups in total. The fraction of sp³-hybridized carbons (Fsp3) is 0.938. The number of nitrogens with one attached hydrogen (secondary N) is 2. The summed E-state index contributed by atoms with van der Waals surface area (Å²) >= 11 is 0. The number of rotatable bonds is 4. The number of aliphatic hydroxyl groups is 1. The van der Waals surface area contributed by atoms with Gasteiger partial charge in [-0.2, -0.15) is 0 Å². The zero-order valence-electron chi connectivity index (χ0n) is 14.0. The van der Waals surface area contributed by atoms with Gasteiger partial charge in [0, 0.05) is 11.1 Å². The number of amides is 1. The van der Waals surface area contributed by atoms with Crippen molar-refractivity contribution in [2.24, 2.45) is 11.3 Å². The molecule has 1 saturated carbocycles. The van der Waals surface area contributed by atoms with Crippen LogP contribution in [0.15, 0.2) is 0 Å². The summed E-state index contributed by atoms with van der Waals surface area (Å²) in [6, 6.07) is 0. The van der Waals surface area contributed by atoms with Gasteiger partial charge in [0.1, 0.15) is 0 Å². The Kier molecular flexibility index (Phi) is 5.25. The lowest BCUT2D eigenvalue weighted by molar-refractivity contribution is -0.122. The molecule has 0 saturated heterocycles. The van der Waals surface area contributed by atoms with Gasteiger partial charge in [0.15, 0.2) is 0 Å². The second-order valence-corrected chi connectivity index (χ2v) is 8.44. The highest BCUT2D eigenvalue weighted by Gasteiger charge is 2.42. The summed E-state index contributed by atoms with van der Waals surface area (Å²) in [6.45, 7) is 13.0. The van der Waals surface area contributed by atoms with Crippen molar-refractivity contribution in [2.75, 3.05) is 13.2 Å². The van der Waals surface area contributed by atoms with Gasteiger partial charge in [-0.25, -0.2) is 0 Å². The summed E-state index contributed by atoms with van der Waals surface area (Å²) in [6.07, 6.45) is 3.00. The molecule has 4 heteroatoms. The first-order valence-corrected chi connectivity index (χ1v) is 7.64. The summed E-state index contributed by atoms with van der Waals surface area (Å²) in [4.78, 5) is 11.9. The molecule has 4 nitrogen and oxygen atoms in total. The van der Waals surface area contributed by atoms with Crippen LogP contribution in [-0.2, 0) is 4.79 Å². The molecule has 1 fully saturated rings. The Balaban J connectivity index is 2.64. The van der Waals surface area contributed by atoms with Gasteiger partial charge < -0.3 is 15.7 Å². The average molecular weight is 284 g/mol. The second kappa shape index (κ2) is 6.02. The van der Waals surface area contributed by atoms with Gasteiger partial charge in [0.25, 0.3) is 0 Å². The standard InChI is InChI=1S/C16H32N2O2/c1-12-7-15(5,6)10-16(8-12,11-19)17-9-13(20)18-14(2,3)4/h12,17,19H,7-11H2,1-6H3,(H,18,20). The molecule has 0 radical (unpaired) electrons. The summed E-state index contributed by atoms with van der Waals surface area (Å²) in [7, 11) is 0. The van der Waals surface area contributed by atoms with E-state index in [-0.39, 0.29) is 35.6 Å². The normalized spacial score (nSPS) is 30.1. The van der Waals surface area contributed by atoms with E-state index >= 15 is 0 Å². The first-order chi connectivity index (χ1) is 8.97. The van der Waals surface area contributed by atoms with Crippen LogP contribution in [0.4, 0.5) is 0 Å². The Bertz CT molecular complexity index is 347. The Morgan fingerprint density at radius 2 is 1.90 bits per heavy atom. The van der Waals surface area contributed by atoms with Crippen LogP contribution >= 0.6 is 0 Å². The molecular formula is C16H32N2O2. The minimum absolute atomic E-state index is 0.0126. The maximum Gasteiger partial charge on any atom is 0.234 e. The van der Waals surface area contributed by atoms with Gasteiger partial charge in [-0.15, -0.1) is 0 Å². The van der Waals surface area contributed by atoms with Crippen LogP contribution < -0.4 is 10.6 Å². The molecule has 2 atom stereocenters. The first kappa shape index (κ1) is 17.4. The monoisotopic (exact) mass is 284 g/mol. The fourth-order valence-corrected chi connectivity index (χ4v) is 3.78. The Morgan fingerprint density at radius 3 is 2.35 bits per heavy atom. The van der Waals surface area contributed by atoms with E-state index in [0.29, 0.717) is 5.92 Å². The van der Waals surface area contributed by atoms with Gasteiger partial charge >= 0.3 is 0 Å². The van der Waals surface area contributed by atoms with Crippen LogP contribution in [0.1, 0.15) is 60.8 Å². The molecule has 2 unspecified atom stereocenters. The van der Waals surface area contributed by atoms with E-state index in [1.54, 1.807) is 0 Å². The van der Waals surface area contributed by atoms with Gasteiger partial charge in [0.05, 0.1) is 13.2 Å². The summed E-state index contributed by atoms with van der Waals surface area (Å²) in [5.74, 6) is 0.547. The molecule has 0 spiro atoms. The van der Waals surface area contributed by atoms with Crippen molar-refractivity contribution in [1.29, 1.82) is 0 Å². The van der Waals surface area contributed by atoms with Gasteiger partial charge in [0.2, 0.25) is 5.91 Å². The fourth-order valence-electron chi connectivity index (χ4n) is 3.78. The third kappa shape index (κ3) is 5.41. The van der Waals surface area contributed by atoms with Gasteiger partial charge in [-0.3, -0.25) is 4.79 Å². The number of carbonyl (C=O) groups is 1. The molecule has 1 rings (SSSR count). The summed E-state index contributed by atoms with van der Waals surface area (Å²) in [5.41, 5.74) is -0.339.